The minimum Gasteiger partial charge on any atom is -0.497 e. The molecule has 6 nitrogen and oxygen atoms in total. The highest BCUT2D eigenvalue weighted by molar-refractivity contribution is 8.00. The molecule has 0 aliphatic carbocycles. The van der Waals surface area contributed by atoms with Crippen LogP contribution in [-0.2, 0) is 9.53 Å². The van der Waals surface area contributed by atoms with Gasteiger partial charge in [0.15, 0.2) is 0 Å². The lowest BCUT2D eigenvalue weighted by Gasteiger charge is -2.29. The number of methoxy groups -OCH3 is 1. The monoisotopic (exact) mass is 351 g/mol. The summed E-state index contributed by atoms with van der Waals surface area (Å²) in [5.41, 5.74) is 0.701. The first kappa shape index (κ1) is 16.2. The molecule has 1 aliphatic rings. The highest BCUT2D eigenvalue weighted by Gasteiger charge is 2.30. The van der Waals surface area contributed by atoms with Gasteiger partial charge in [-0.15, -0.1) is 16.9 Å². The molecule has 8 heteroatoms. The molecule has 0 N–H and O–H groups in total. The van der Waals surface area contributed by atoms with Crippen LogP contribution in [0.3, 0.4) is 0 Å². The molecular formula is C15H17N3O3S2. The van der Waals surface area contributed by atoms with Crippen molar-refractivity contribution in [2.75, 3.05) is 33.4 Å². The van der Waals surface area contributed by atoms with Gasteiger partial charge in [-0.2, -0.15) is 0 Å². The maximum Gasteiger partial charge on any atom is 0.242 e. The molecule has 122 valence electrons. The third-order valence-corrected chi connectivity index (χ3v) is 5.25. The molecule has 1 aliphatic heterocycles. The summed E-state index contributed by atoms with van der Waals surface area (Å²) in [6.45, 7) is 2.41. The Morgan fingerprint density at radius 1 is 1.35 bits per heavy atom. The Morgan fingerprint density at radius 3 is 2.70 bits per heavy atom. The molecule has 2 aromatic rings. The molecule has 2 heterocycles. The molecule has 1 fully saturated rings. The zero-order valence-corrected chi connectivity index (χ0v) is 14.3. The zero-order chi connectivity index (χ0) is 16.1. The van der Waals surface area contributed by atoms with E-state index >= 15 is 0 Å². The Kier molecular flexibility index (Phi) is 5.47. The van der Waals surface area contributed by atoms with E-state index in [2.05, 4.69) is 9.59 Å². The smallest absolute Gasteiger partial charge is 0.242 e. The Bertz CT molecular complexity index is 628. The van der Waals surface area contributed by atoms with Crippen molar-refractivity contribution in [3.05, 3.63) is 35.3 Å². The number of hydrogen-bond donors (Lipinski definition) is 0. The maximum absolute atomic E-state index is 12.9. The first-order chi connectivity index (χ1) is 11.3. The van der Waals surface area contributed by atoms with Crippen LogP contribution in [0.4, 0.5) is 0 Å². The first-order valence-electron chi connectivity index (χ1n) is 7.22. The van der Waals surface area contributed by atoms with Crippen LogP contribution >= 0.6 is 23.3 Å². The van der Waals surface area contributed by atoms with E-state index in [0.717, 1.165) is 10.6 Å². The lowest BCUT2D eigenvalue weighted by Crippen LogP contribution is -2.42. The van der Waals surface area contributed by atoms with Gasteiger partial charge in [-0.05, 0) is 35.8 Å². The summed E-state index contributed by atoms with van der Waals surface area (Å²) < 4.78 is 14.4. The van der Waals surface area contributed by atoms with Crippen LogP contribution < -0.4 is 4.74 Å². The summed E-state index contributed by atoms with van der Waals surface area (Å²) in [6, 6.07) is 7.67. The van der Waals surface area contributed by atoms with Crippen LogP contribution in [0.5, 0.6) is 5.75 Å². The quantitative estimate of drug-likeness (QED) is 0.770. The van der Waals surface area contributed by atoms with Crippen LogP contribution in [0, 0.1) is 0 Å². The van der Waals surface area contributed by atoms with Crippen LogP contribution in [-0.4, -0.2) is 53.8 Å². The molecule has 1 aromatic carbocycles. The highest BCUT2D eigenvalue weighted by Crippen LogP contribution is 2.37. The van der Waals surface area contributed by atoms with Crippen molar-refractivity contribution in [3.63, 3.8) is 0 Å². The van der Waals surface area contributed by atoms with Crippen molar-refractivity contribution >= 4 is 29.2 Å². The van der Waals surface area contributed by atoms with E-state index in [1.165, 1.54) is 23.3 Å². The molecule has 1 atom stereocenters. The van der Waals surface area contributed by atoms with Gasteiger partial charge in [0.1, 0.15) is 11.0 Å². The second kappa shape index (κ2) is 7.76. The van der Waals surface area contributed by atoms with Gasteiger partial charge in [-0.3, -0.25) is 4.79 Å². The maximum atomic E-state index is 12.9. The predicted molar refractivity (Wildman–Crippen MR) is 88.9 cm³/mol. The average molecular weight is 351 g/mol. The third kappa shape index (κ3) is 4.01. The van der Waals surface area contributed by atoms with Crippen LogP contribution in [0.1, 0.15) is 10.9 Å². The number of carbonyl (C=O) groups excluding carboxylic acids is 1. The summed E-state index contributed by atoms with van der Waals surface area (Å²) in [5.74, 6) is 0.850. The summed E-state index contributed by atoms with van der Waals surface area (Å²) in [7, 11) is 1.63. The molecule has 0 bridgehead atoms. The number of aromatic nitrogens is 2. The fourth-order valence-electron chi connectivity index (χ4n) is 2.26. The van der Waals surface area contributed by atoms with Gasteiger partial charge in [0, 0.05) is 23.4 Å². The number of hydrogen-bond acceptors (Lipinski definition) is 7. The van der Waals surface area contributed by atoms with Crippen molar-refractivity contribution < 1.29 is 14.3 Å². The first-order valence-corrected chi connectivity index (χ1v) is 8.94. The van der Waals surface area contributed by atoms with Crippen molar-refractivity contribution in [2.24, 2.45) is 0 Å². The zero-order valence-electron chi connectivity index (χ0n) is 12.7. The normalized spacial score (nSPS) is 16.1. The molecular weight excluding hydrogens is 334 g/mol. The van der Waals surface area contributed by atoms with E-state index in [-0.39, 0.29) is 11.2 Å². The van der Waals surface area contributed by atoms with E-state index < -0.39 is 0 Å². The number of morpholine rings is 1. The van der Waals surface area contributed by atoms with E-state index in [0.29, 0.717) is 32.0 Å². The van der Waals surface area contributed by atoms with Crippen molar-refractivity contribution in [3.8, 4) is 5.75 Å². The lowest BCUT2D eigenvalue weighted by atomic mass is 10.2. The van der Waals surface area contributed by atoms with Gasteiger partial charge in [-0.25, -0.2) is 0 Å². The summed E-state index contributed by atoms with van der Waals surface area (Å²) in [4.78, 5) is 15.7. The molecule has 0 spiro atoms. The SMILES string of the molecule is COc1ccc(S[C@@H](C(=O)N2CCOCC2)c2csnn2)cc1. The molecule has 1 aromatic heterocycles. The van der Waals surface area contributed by atoms with Gasteiger partial charge >= 0.3 is 0 Å². The molecule has 1 saturated heterocycles. The lowest BCUT2D eigenvalue weighted by molar-refractivity contribution is -0.134. The fraction of sp³-hybridized carbons (Fsp3) is 0.400. The number of amides is 1. The molecule has 23 heavy (non-hydrogen) atoms. The molecule has 3 rings (SSSR count). The van der Waals surface area contributed by atoms with Crippen LogP contribution in [0.15, 0.2) is 34.5 Å². The molecule has 1 amide bonds. The standard InChI is InChI=1S/C15H17N3O3S2/c1-20-11-2-4-12(5-3-11)23-14(13-10-22-17-16-13)15(19)18-6-8-21-9-7-18/h2-5,10,14H,6-9H2,1H3/t14-/m1/s1. The third-order valence-electron chi connectivity index (χ3n) is 3.51. The van der Waals surface area contributed by atoms with Gasteiger partial charge in [0.2, 0.25) is 5.91 Å². The van der Waals surface area contributed by atoms with Crippen molar-refractivity contribution in [1.29, 1.82) is 0 Å². The number of nitrogens with zero attached hydrogens (tertiary/aromatic N) is 3. The number of benzene rings is 1. The van der Waals surface area contributed by atoms with Crippen molar-refractivity contribution in [2.45, 2.75) is 10.1 Å². The largest absolute Gasteiger partial charge is 0.497 e. The van der Waals surface area contributed by atoms with Gasteiger partial charge in [0.25, 0.3) is 0 Å². The summed E-state index contributed by atoms with van der Waals surface area (Å²) >= 11 is 2.74. The number of carbonyl (C=O) groups is 1. The summed E-state index contributed by atoms with van der Waals surface area (Å²) in [6.07, 6.45) is 0. The topological polar surface area (TPSA) is 64.5 Å². The van der Waals surface area contributed by atoms with Crippen LogP contribution in [0.2, 0.25) is 0 Å². The van der Waals surface area contributed by atoms with E-state index in [1.54, 1.807) is 7.11 Å². The van der Waals surface area contributed by atoms with Crippen molar-refractivity contribution in [1.82, 2.24) is 14.5 Å². The molecule has 0 saturated carbocycles. The Morgan fingerprint density at radius 2 is 2.09 bits per heavy atom. The Hall–Kier alpha value is -1.64. The minimum absolute atomic E-state index is 0.0572. The summed E-state index contributed by atoms with van der Waals surface area (Å²) in [5, 5.41) is 5.55. The van der Waals surface area contributed by atoms with Gasteiger partial charge in [-0.1, -0.05) is 4.49 Å². The van der Waals surface area contributed by atoms with E-state index in [1.807, 2.05) is 34.5 Å². The number of rotatable bonds is 5. The highest BCUT2D eigenvalue weighted by atomic mass is 32.2. The van der Waals surface area contributed by atoms with Gasteiger partial charge in [0.05, 0.1) is 26.0 Å². The molecule has 0 radical (unpaired) electrons. The molecule has 0 unspecified atom stereocenters. The minimum atomic E-state index is -0.389. The van der Waals surface area contributed by atoms with Gasteiger partial charge < -0.3 is 14.4 Å². The second-order valence-corrected chi connectivity index (χ2v) is 6.73. The average Bonchev–Trinajstić information content (AvgIpc) is 3.15. The number of ether oxygens (including phenoxy) is 2. The second-order valence-electron chi connectivity index (χ2n) is 4.94. The van der Waals surface area contributed by atoms with E-state index in [9.17, 15) is 4.79 Å². The Labute approximate surface area is 142 Å². The van der Waals surface area contributed by atoms with Crippen LogP contribution in [0.25, 0.3) is 0 Å². The predicted octanol–water partition coefficient (Wildman–Crippen LogP) is 2.24. The van der Waals surface area contributed by atoms with E-state index in [4.69, 9.17) is 9.47 Å². The Balaban J connectivity index is 1.79. The number of thioether (sulfide) groups is 1. The fourth-order valence-corrected chi connectivity index (χ4v) is 3.88.